The zero-order valence-corrected chi connectivity index (χ0v) is 27.2. The number of rotatable bonds is 10. The number of anilines is 1. The molecule has 1 amide bonds. The zero-order valence-electron chi connectivity index (χ0n) is 26.4. The third-order valence-electron chi connectivity index (χ3n) is 8.54. The molecule has 2 N–H and O–H groups in total. The van der Waals surface area contributed by atoms with Gasteiger partial charge in [0.25, 0.3) is 0 Å². The quantitative estimate of drug-likeness (QED) is 0.104. The predicted octanol–water partition coefficient (Wildman–Crippen LogP) is 8.04. The second kappa shape index (κ2) is 16.1. The Kier molecular flexibility index (Phi) is 11.8. The number of ether oxygens (including phenoxy) is 1. The first kappa shape index (κ1) is 33.5. The first-order chi connectivity index (χ1) is 22.4. The lowest BCUT2D eigenvalue weighted by molar-refractivity contribution is -0.124. The highest BCUT2D eigenvalue weighted by molar-refractivity contribution is 7.99. The van der Waals surface area contributed by atoms with Gasteiger partial charge in [0.15, 0.2) is 0 Å². The van der Waals surface area contributed by atoms with Gasteiger partial charge in [0, 0.05) is 29.2 Å². The van der Waals surface area contributed by atoms with Crippen molar-refractivity contribution in [2.24, 2.45) is 5.18 Å². The molecule has 0 aromatic heterocycles. The van der Waals surface area contributed by atoms with E-state index in [1.54, 1.807) is 11.8 Å². The van der Waals surface area contributed by atoms with Crippen molar-refractivity contribution in [1.82, 2.24) is 0 Å². The minimum atomic E-state index is -0.403. The molecule has 0 spiro atoms. The number of carbonyl (C=O) groups is 1. The fourth-order valence-electron chi connectivity index (χ4n) is 5.90. The van der Waals surface area contributed by atoms with Crippen LogP contribution in [0.25, 0.3) is 11.1 Å². The molecule has 0 bridgehead atoms. The Morgan fingerprint density at radius 2 is 1.52 bits per heavy atom. The Morgan fingerprint density at radius 3 is 2.11 bits per heavy atom. The number of amides is 1. The smallest absolute Gasteiger partial charge is 0.230 e. The van der Waals surface area contributed by atoms with E-state index in [9.17, 15) is 19.9 Å². The van der Waals surface area contributed by atoms with Crippen molar-refractivity contribution in [2.75, 3.05) is 17.3 Å². The molecule has 2 aliphatic heterocycles. The number of aliphatic hydroxyl groups is 2. The molecule has 2 aliphatic rings. The zero-order chi connectivity index (χ0) is 32.5. The normalized spacial score (nSPS) is 21.5. The largest absolute Gasteiger partial charge is 0.394 e. The number of hydrogen-bond donors (Lipinski definition) is 2. The van der Waals surface area contributed by atoms with Crippen LogP contribution in [-0.4, -0.2) is 46.8 Å². The van der Waals surface area contributed by atoms with Crippen LogP contribution >= 0.6 is 11.8 Å². The van der Waals surface area contributed by atoms with Gasteiger partial charge in [0.2, 0.25) is 5.91 Å². The number of carbonyl (C=O) groups excluding carboxylic acids is 1. The van der Waals surface area contributed by atoms with Gasteiger partial charge in [-0.2, -0.15) is 4.91 Å². The number of aryl methyl sites for hydroxylation is 1. The van der Waals surface area contributed by atoms with Crippen LogP contribution in [0.15, 0.2) is 113 Å². The minimum Gasteiger partial charge on any atom is -0.394 e. The van der Waals surface area contributed by atoms with Gasteiger partial charge in [-0.3, -0.25) is 4.79 Å². The van der Waals surface area contributed by atoms with Crippen molar-refractivity contribution in [3.05, 3.63) is 125 Å². The number of benzene rings is 4. The average Bonchev–Trinajstić information content (AvgIpc) is 3.08. The number of β-lactam (4-membered cyclic amide) rings is 1. The first-order valence-corrected chi connectivity index (χ1v) is 16.9. The van der Waals surface area contributed by atoms with Crippen LogP contribution in [0, 0.1) is 11.8 Å². The second-order valence-corrected chi connectivity index (χ2v) is 13.0. The highest BCUT2D eigenvalue weighted by atomic mass is 32.2. The maximum atomic E-state index is 12.2. The maximum absolute atomic E-state index is 12.2. The van der Waals surface area contributed by atoms with Crippen molar-refractivity contribution in [3.8, 4) is 11.1 Å². The number of hydrogen-bond acceptors (Lipinski definition) is 7. The van der Waals surface area contributed by atoms with Crippen molar-refractivity contribution >= 4 is 23.4 Å². The third kappa shape index (κ3) is 8.50. The summed E-state index contributed by atoms with van der Waals surface area (Å²) in [4.78, 5) is 25.6. The standard InChI is InChI=1S/C28H29NO4S.C10H13NO/c30-17-24-14-23(31)15-25(33-24)18-34-26-12-10-20(11-13-26)19-6-8-21(9-7-19)27-16-28(32)29(27)22-4-2-1-3-5-22;1-3-10(11-12)9-6-4-8(2)5-7-9/h1-13,23-25,27,30-31H,14-18H2;4-7,10H,3H2,1-2H3. The SMILES string of the molecule is CCC(N=O)c1ccc(C)cc1.O=C1CC(c2ccc(-c3ccc(SCC4CC(O)CC(CO)O4)cc3)cc2)N1c1ccccc1. The van der Waals surface area contributed by atoms with E-state index in [1.807, 2.05) is 73.3 Å². The number of thioether (sulfide) groups is 1. The summed E-state index contributed by atoms with van der Waals surface area (Å²) in [6.07, 6.45) is 1.71. The first-order valence-electron chi connectivity index (χ1n) is 15.9. The van der Waals surface area contributed by atoms with Crippen molar-refractivity contribution < 1.29 is 19.7 Å². The number of nitrogens with zero attached hydrogens (tertiary/aromatic N) is 2. The van der Waals surface area contributed by atoms with E-state index in [0.29, 0.717) is 19.3 Å². The monoisotopic (exact) mass is 638 g/mol. The molecule has 0 aliphatic carbocycles. The molecule has 240 valence electrons. The van der Waals surface area contributed by atoms with Crippen LogP contribution in [0.1, 0.15) is 61.4 Å². The molecule has 2 fully saturated rings. The molecule has 0 radical (unpaired) electrons. The van der Waals surface area contributed by atoms with Gasteiger partial charge >= 0.3 is 0 Å². The van der Waals surface area contributed by atoms with Gasteiger partial charge in [-0.25, -0.2) is 0 Å². The summed E-state index contributed by atoms with van der Waals surface area (Å²) in [6.45, 7) is 3.94. The van der Waals surface area contributed by atoms with E-state index in [4.69, 9.17) is 4.74 Å². The topological polar surface area (TPSA) is 99.4 Å². The lowest BCUT2D eigenvalue weighted by Crippen LogP contribution is -2.46. The fourth-order valence-corrected chi connectivity index (χ4v) is 6.82. The van der Waals surface area contributed by atoms with Crippen molar-refractivity contribution in [1.29, 1.82) is 0 Å². The highest BCUT2D eigenvalue weighted by Crippen LogP contribution is 2.39. The molecule has 5 atom stereocenters. The van der Waals surface area contributed by atoms with Crippen LogP contribution in [0.3, 0.4) is 0 Å². The van der Waals surface area contributed by atoms with Crippen molar-refractivity contribution in [3.63, 3.8) is 0 Å². The summed E-state index contributed by atoms with van der Waals surface area (Å²) in [5.41, 5.74) is 6.60. The Labute approximate surface area is 275 Å². The fraction of sp³-hybridized carbons (Fsp3) is 0.342. The summed E-state index contributed by atoms with van der Waals surface area (Å²) in [7, 11) is 0. The van der Waals surface area contributed by atoms with Gasteiger partial charge in [-0.1, -0.05) is 96.5 Å². The van der Waals surface area contributed by atoms with E-state index in [-0.39, 0.29) is 36.8 Å². The number of nitroso groups, excluding NO2 is 1. The van der Waals surface area contributed by atoms with Gasteiger partial charge in [0.1, 0.15) is 6.04 Å². The molecule has 6 rings (SSSR count). The summed E-state index contributed by atoms with van der Waals surface area (Å²) >= 11 is 1.71. The van der Waals surface area contributed by atoms with Crippen LogP contribution < -0.4 is 4.90 Å². The molecule has 8 heteroatoms. The van der Waals surface area contributed by atoms with Crippen LogP contribution in [0.2, 0.25) is 0 Å². The summed E-state index contributed by atoms with van der Waals surface area (Å²) in [5.74, 6) is 0.910. The average molecular weight is 639 g/mol. The predicted molar refractivity (Wildman–Crippen MR) is 185 cm³/mol. The summed E-state index contributed by atoms with van der Waals surface area (Å²) in [5, 5.41) is 22.4. The van der Waals surface area contributed by atoms with E-state index < -0.39 is 6.10 Å². The summed E-state index contributed by atoms with van der Waals surface area (Å²) < 4.78 is 5.85. The Bertz CT molecular complexity index is 1550. The molecule has 46 heavy (non-hydrogen) atoms. The molecule has 0 saturated carbocycles. The Balaban J connectivity index is 0.000000293. The van der Waals surface area contributed by atoms with Crippen LogP contribution in [0.4, 0.5) is 5.69 Å². The van der Waals surface area contributed by atoms with Gasteiger partial charge in [-0.05, 0) is 59.9 Å². The van der Waals surface area contributed by atoms with E-state index >= 15 is 0 Å². The molecule has 5 unspecified atom stereocenters. The molecular formula is C38H42N2O5S. The second-order valence-electron chi connectivity index (χ2n) is 11.9. The molecule has 2 heterocycles. The lowest BCUT2D eigenvalue weighted by Gasteiger charge is -2.40. The molecule has 2 saturated heterocycles. The van der Waals surface area contributed by atoms with Gasteiger partial charge in [-0.15, -0.1) is 11.8 Å². The molecular weight excluding hydrogens is 596 g/mol. The van der Waals surface area contributed by atoms with E-state index in [2.05, 4.69) is 53.7 Å². The maximum Gasteiger partial charge on any atom is 0.230 e. The van der Waals surface area contributed by atoms with Gasteiger partial charge < -0.3 is 19.8 Å². The van der Waals surface area contributed by atoms with Crippen molar-refractivity contribution in [2.45, 2.75) is 74.8 Å². The molecule has 4 aromatic carbocycles. The molecule has 7 nitrogen and oxygen atoms in total. The van der Waals surface area contributed by atoms with E-state index in [0.717, 1.165) is 45.0 Å². The van der Waals surface area contributed by atoms with E-state index in [1.165, 1.54) is 5.56 Å². The minimum absolute atomic E-state index is 0.0486. The molecule has 4 aromatic rings. The van der Waals surface area contributed by atoms with Crippen LogP contribution in [-0.2, 0) is 9.53 Å². The number of para-hydroxylation sites is 1. The van der Waals surface area contributed by atoms with Crippen LogP contribution in [0.5, 0.6) is 0 Å². The Hall–Kier alpha value is -3.82. The highest BCUT2D eigenvalue weighted by Gasteiger charge is 2.38. The third-order valence-corrected chi connectivity index (χ3v) is 9.68. The lowest BCUT2D eigenvalue weighted by atomic mass is 9.91. The number of aliphatic hydroxyl groups excluding tert-OH is 2. The Morgan fingerprint density at radius 1 is 0.891 bits per heavy atom. The summed E-state index contributed by atoms with van der Waals surface area (Å²) in [6, 6.07) is 34.6. The van der Waals surface area contributed by atoms with Gasteiger partial charge in [0.05, 0.1) is 37.4 Å².